The smallest absolute Gasteiger partial charge is 0.335 e. The van der Waals surface area contributed by atoms with E-state index in [1.807, 2.05) is 0 Å². The average Bonchev–Trinajstić information content (AvgIpc) is 2.38. The highest BCUT2D eigenvalue weighted by Gasteiger charge is 2.25. The van der Waals surface area contributed by atoms with Gasteiger partial charge in [0.05, 0.1) is 24.5 Å². The zero-order valence-corrected chi connectivity index (χ0v) is 11.8. The fourth-order valence-electron chi connectivity index (χ4n) is 1.65. The van der Waals surface area contributed by atoms with Crippen LogP contribution in [0.3, 0.4) is 0 Å². The van der Waals surface area contributed by atoms with Crippen LogP contribution in [0.5, 0.6) is 0 Å². The number of alkyl halides is 2. The van der Waals surface area contributed by atoms with Crippen LogP contribution in [-0.2, 0) is 15.8 Å². The van der Waals surface area contributed by atoms with Crippen molar-refractivity contribution in [3.05, 3.63) is 35.4 Å². The molecule has 0 saturated carbocycles. The Morgan fingerprint density at radius 1 is 1.24 bits per heavy atom. The molecule has 6 nitrogen and oxygen atoms in total. The number of aromatic carboxylic acids is 1. The van der Waals surface area contributed by atoms with Gasteiger partial charge in [-0.3, -0.25) is 0 Å². The second-order valence-electron chi connectivity index (χ2n) is 4.23. The van der Waals surface area contributed by atoms with Gasteiger partial charge in [-0.2, -0.15) is 4.31 Å². The van der Waals surface area contributed by atoms with Crippen molar-refractivity contribution in [1.29, 1.82) is 0 Å². The molecule has 9 heteroatoms. The lowest BCUT2D eigenvalue weighted by Crippen LogP contribution is -2.38. The van der Waals surface area contributed by atoms with Gasteiger partial charge in [0.15, 0.2) is 0 Å². The Balaban J connectivity index is 2.88. The molecule has 0 fully saturated rings. The molecule has 118 valence electrons. The molecule has 0 atom stereocenters. The van der Waals surface area contributed by atoms with E-state index in [0.717, 1.165) is 0 Å². The molecule has 0 amide bonds. The van der Waals surface area contributed by atoms with Gasteiger partial charge in [-0.15, -0.1) is 0 Å². The maximum absolute atomic E-state index is 12.4. The van der Waals surface area contributed by atoms with Crippen molar-refractivity contribution in [2.75, 3.05) is 19.7 Å². The first-order valence-electron chi connectivity index (χ1n) is 5.95. The number of nitrogens with zero attached hydrogens (tertiary/aromatic N) is 1. The molecular formula is C12H15F2NO5S. The first-order chi connectivity index (χ1) is 9.76. The predicted molar refractivity (Wildman–Crippen MR) is 70.7 cm³/mol. The maximum atomic E-state index is 12.4. The summed E-state index contributed by atoms with van der Waals surface area (Å²) >= 11 is 0. The second kappa shape index (κ2) is 7.43. The third-order valence-corrected chi connectivity index (χ3v) is 4.45. The number of carboxylic acids is 1. The average molecular weight is 323 g/mol. The van der Waals surface area contributed by atoms with Crippen molar-refractivity contribution < 1.29 is 32.2 Å². The number of benzene rings is 1. The van der Waals surface area contributed by atoms with Gasteiger partial charge in [0, 0.05) is 6.54 Å². The van der Waals surface area contributed by atoms with E-state index in [1.54, 1.807) is 0 Å². The fraction of sp³-hybridized carbons (Fsp3) is 0.417. The first-order valence-corrected chi connectivity index (χ1v) is 7.56. The monoisotopic (exact) mass is 323 g/mol. The predicted octanol–water partition coefficient (Wildman–Crippen LogP) is 0.774. The third kappa shape index (κ3) is 5.37. The van der Waals surface area contributed by atoms with E-state index in [0.29, 0.717) is 4.31 Å². The molecule has 0 spiro atoms. The Kier molecular flexibility index (Phi) is 6.19. The van der Waals surface area contributed by atoms with Gasteiger partial charge in [-0.25, -0.2) is 22.0 Å². The first kappa shape index (κ1) is 17.5. The summed E-state index contributed by atoms with van der Waals surface area (Å²) in [6, 6.07) is 5.08. The number of hydrogen-bond donors (Lipinski definition) is 2. The summed E-state index contributed by atoms with van der Waals surface area (Å²) in [7, 11) is -4.02. The number of hydrogen-bond acceptors (Lipinski definition) is 4. The standard InChI is InChI=1S/C12H15F2NO5S/c13-11(14)7-15(5-6-16)21(19,20)8-9-1-3-10(4-2-9)12(17)18/h1-4,11,16H,5-8H2,(H,17,18). The summed E-state index contributed by atoms with van der Waals surface area (Å²) in [4.78, 5) is 10.7. The molecule has 2 N–H and O–H groups in total. The summed E-state index contributed by atoms with van der Waals surface area (Å²) in [6.45, 7) is -1.97. The van der Waals surface area contributed by atoms with E-state index in [-0.39, 0.29) is 11.1 Å². The number of carbonyl (C=O) groups is 1. The normalized spacial score (nSPS) is 12.0. The highest BCUT2D eigenvalue weighted by molar-refractivity contribution is 7.88. The largest absolute Gasteiger partial charge is 0.478 e. The summed E-state index contributed by atoms with van der Waals surface area (Å²) in [5.41, 5.74) is 0.271. The molecule has 0 radical (unpaired) electrons. The molecule has 0 aromatic heterocycles. The van der Waals surface area contributed by atoms with Crippen LogP contribution in [-0.4, -0.2) is 55.0 Å². The van der Waals surface area contributed by atoms with Gasteiger partial charge in [0.25, 0.3) is 6.43 Å². The van der Waals surface area contributed by atoms with Gasteiger partial charge in [0.1, 0.15) is 0 Å². The molecule has 1 aromatic rings. The molecular weight excluding hydrogens is 308 g/mol. The van der Waals surface area contributed by atoms with Crippen LogP contribution in [0.25, 0.3) is 0 Å². The lowest BCUT2D eigenvalue weighted by molar-refractivity contribution is 0.0696. The zero-order chi connectivity index (χ0) is 16.0. The summed E-state index contributed by atoms with van der Waals surface area (Å²) in [5.74, 6) is -1.69. The van der Waals surface area contributed by atoms with Gasteiger partial charge in [0.2, 0.25) is 10.0 Å². The summed E-state index contributed by atoms with van der Waals surface area (Å²) in [5, 5.41) is 17.5. The number of aliphatic hydroxyl groups excluding tert-OH is 1. The van der Waals surface area contributed by atoms with Crippen molar-refractivity contribution >= 4 is 16.0 Å². The van der Waals surface area contributed by atoms with Crippen LogP contribution in [0, 0.1) is 0 Å². The van der Waals surface area contributed by atoms with E-state index in [4.69, 9.17) is 10.2 Å². The van der Waals surface area contributed by atoms with Crippen LogP contribution in [0.2, 0.25) is 0 Å². The molecule has 0 unspecified atom stereocenters. The minimum Gasteiger partial charge on any atom is -0.478 e. The highest BCUT2D eigenvalue weighted by Crippen LogP contribution is 2.13. The van der Waals surface area contributed by atoms with Gasteiger partial charge < -0.3 is 10.2 Å². The van der Waals surface area contributed by atoms with Gasteiger partial charge in [-0.1, -0.05) is 12.1 Å². The van der Waals surface area contributed by atoms with Gasteiger partial charge in [-0.05, 0) is 17.7 Å². The maximum Gasteiger partial charge on any atom is 0.335 e. The second-order valence-corrected chi connectivity index (χ2v) is 6.20. The summed E-state index contributed by atoms with van der Waals surface area (Å²) < 4.78 is 49.3. The third-order valence-electron chi connectivity index (χ3n) is 2.63. The lowest BCUT2D eigenvalue weighted by Gasteiger charge is -2.20. The highest BCUT2D eigenvalue weighted by atomic mass is 32.2. The molecule has 0 aliphatic rings. The minimum atomic E-state index is -4.02. The van der Waals surface area contributed by atoms with Crippen molar-refractivity contribution in [3.8, 4) is 0 Å². The Bertz CT molecular complexity index is 574. The van der Waals surface area contributed by atoms with Crippen LogP contribution in [0.15, 0.2) is 24.3 Å². The summed E-state index contributed by atoms with van der Waals surface area (Å²) in [6.07, 6.45) is -2.85. The molecule has 0 bridgehead atoms. The van der Waals surface area contributed by atoms with E-state index >= 15 is 0 Å². The van der Waals surface area contributed by atoms with E-state index in [1.165, 1.54) is 24.3 Å². The molecule has 1 aromatic carbocycles. The number of sulfonamides is 1. The van der Waals surface area contributed by atoms with Crippen molar-refractivity contribution in [2.24, 2.45) is 0 Å². The van der Waals surface area contributed by atoms with Crippen molar-refractivity contribution in [2.45, 2.75) is 12.2 Å². The number of halogens is 2. The topological polar surface area (TPSA) is 94.9 Å². The molecule has 0 aliphatic heterocycles. The Morgan fingerprint density at radius 3 is 2.24 bits per heavy atom. The van der Waals surface area contributed by atoms with Crippen LogP contribution < -0.4 is 0 Å². The number of aliphatic hydroxyl groups is 1. The molecule has 0 heterocycles. The van der Waals surface area contributed by atoms with Crippen molar-refractivity contribution in [1.82, 2.24) is 4.31 Å². The number of carboxylic acid groups (broad SMARTS) is 1. The Morgan fingerprint density at radius 2 is 1.81 bits per heavy atom. The van der Waals surface area contributed by atoms with Crippen molar-refractivity contribution in [3.63, 3.8) is 0 Å². The number of rotatable bonds is 8. The van der Waals surface area contributed by atoms with Crippen LogP contribution in [0.1, 0.15) is 15.9 Å². The van der Waals surface area contributed by atoms with Crippen LogP contribution in [0.4, 0.5) is 8.78 Å². The lowest BCUT2D eigenvalue weighted by atomic mass is 10.1. The Hall–Kier alpha value is -1.58. The van der Waals surface area contributed by atoms with Gasteiger partial charge >= 0.3 is 5.97 Å². The SMILES string of the molecule is O=C(O)c1ccc(CS(=O)(=O)N(CCO)CC(F)F)cc1. The molecule has 0 aliphatic carbocycles. The van der Waals surface area contributed by atoms with E-state index in [9.17, 15) is 22.0 Å². The van der Waals surface area contributed by atoms with Crippen LogP contribution >= 0.6 is 0 Å². The minimum absolute atomic E-state index is 0.00376. The van der Waals surface area contributed by atoms with E-state index < -0.39 is 47.9 Å². The zero-order valence-electron chi connectivity index (χ0n) is 10.9. The van der Waals surface area contributed by atoms with E-state index in [2.05, 4.69) is 0 Å². The molecule has 1 rings (SSSR count). The quantitative estimate of drug-likeness (QED) is 0.737. The molecule has 21 heavy (non-hydrogen) atoms. The fourth-order valence-corrected chi connectivity index (χ4v) is 3.15. The Labute approximate surface area is 120 Å². The molecule has 0 saturated heterocycles.